The lowest BCUT2D eigenvalue weighted by Crippen LogP contribution is -2.29. The van der Waals surface area contributed by atoms with Gasteiger partial charge in [0.25, 0.3) is 0 Å². The van der Waals surface area contributed by atoms with E-state index in [0.29, 0.717) is 23.0 Å². The minimum atomic E-state index is -0.193. The van der Waals surface area contributed by atoms with Crippen LogP contribution in [0.4, 0.5) is 11.4 Å². The highest BCUT2D eigenvalue weighted by Gasteiger charge is 2.42. The van der Waals surface area contributed by atoms with Gasteiger partial charge < -0.3 is 29.6 Å². The molecule has 0 aliphatic carbocycles. The first-order chi connectivity index (χ1) is 19.4. The molecule has 206 valence electrons. The third-order valence-corrected chi connectivity index (χ3v) is 7.59. The number of carbonyl (C=O) groups is 1. The zero-order chi connectivity index (χ0) is 28.4. The Hall–Kier alpha value is -4.37. The van der Waals surface area contributed by atoms with Crippen LogP contribution >= 0.6 is 12.2 Å². The summed E-state index contributed by atoms with van der Waals surface area (Å²) in [6.45, 7) is 6.05. The Morgan fingerprint density at radius 3 is 2.42 bits per heavy atom. The van der Waals surface area contributed by atoms with Gasteiger partial charge in [-0.05, 0) is 86.2 Å². The standard InChI is InChI=1S/C31H33N5O3S/c1-6-28(37)33-25-15-12-22(18-27(25)39-5)36-30(29(34-31(36)40)26-9-7-8-16-32-26)24-17-19(2)35(20(24)3)21-10-13-23(38-4)14-11-21/h7-18,29-30H,6H2,1-5H3,(H,33,37)(H,34,40)/t29-,30-/m0/s1. The van der Waals surface area contributed by atoms with Crippen LogP contribution < -0.4 is 25.0 Å². The number of aryl methyl sites for hydroxylation is 1. The number of nitrogens with zero attached hydrogens (tertiary/aromatic N) is 3. The number of nitrogens with one attached hydrogen (secondary N) is 2. The van der Waals surface area contributed by atoms with Crippen LogP contribution in [0.1, 0.15) is 48.1 Å². The van der Waals surface area contributed by atoms with Crippen LogP contribution in [0.25, 0.3) is 5.69 Å². The van der Waals surface area contributed by atoms with Gasteiger partial charge in [-0.2, -0.15) is 0 Å². The van der Waals surface area contributed by atoms with Crippen molar-refractivity contribution in [2.24, 2.45) is 0 Å². The van der Waals surface area contributed by atoms with Gasteiger partial charge in [-0.1, -0.05) is 13.0 Å². The summed E-state index contributed by atoms with van der Waals surface area (Å²) in [7, 11) is 3.26. The molecule has 0 radical (unpaired) electrons. The number of methoxy groups -OCH3 is 2. The molecule has 4 aromatic rings. The third kappa shape index (κ3) is 5.00. The molecule has 0 saturated carbocycles. The fourth-order valence-corrected chi connectivity index (χ4v) is 5.68. The molecule has 0 unspecified atom stereocenters. The van der Waals surface area contributed by atoms with Crippen molar-refractivity contribution in [3.05, 3.63) is 95.6 Å². The number of rotatable bonds is 8. The molecule has 8 nitrogen and oxygen atoms in total. The summed E-state index contributed by atoms with van der Waals surface area (Å²) >= 11 is 5.94. The van der Waals surface area contributed by atoms with Gasteiger partial charge in [0.15, 0.2) is 5.11 Å². The van der Waals surface area contributed by atoms with E-state index in [4.69, 9.17) is 21.7 Å². The summed E-state index contributed by atoms with van der Waals surface area (Å²) in [6.07, 6.45) is 2.18. The molecule has 1 fully saturated rings. The number of hydrogen-bond acceptors (Lipinski definition) is 5. The molecule has 0 bridgehead atoms. The van der Waals surface area contributed by atoms with E-state index >= 15 is 0 Å². The number of benzene rings is 2. The number of anilines is 2. The summed E-state index contributed by atoms with van der Waals surface area (Å²) < 4.78 is 13.3. The fraction of sp³-hybridized carbons (Fsp3) is 0.258. The monoisotopic (exact) mass is 555 g/mol. The van der Waals surface area contributed by atoms with Crippen LogP contribution in [0, 0.1) is 13.8 Å². The van der Waals surface area contributed by atoms with Crippen molar-refractivity contribution < 1.29 is 14.3 Å². The predicted molar refractivity (Wildman–Crippen MR) is 162 cm³/mol. The third-order valence-electron chi connectivity index (χ3n) is 7.28. The average Bonchev–Trinajstić information content (AvgIpc) is 3.48. The maximum absolute atomic E-state index is 12.1. The highest BCUT2D eigenvalue weighted by atomic mass is 32.1. The normalized spacial score (nSPS) is 16.5. The van der Waals surface area contributed by atoms with E-state index in [0.717, 1.165) is 39.8 Å². The molecule has 0 spiro atoms. The SMILES string of the molecule is CCC(=O)Nc1ccc(N2C(=S)N[C@@H](c3ccccn3)[C@@H]2c2cc(C)n(-c3ccc(OC)cc3)c2C)cc1OC. The van der Waals surface area contributed by atoms with Gasteiger partial charge in [-0.3, -0.25) is 9.78 Å². The molecule has 2 aromatic heterocycles. The van der Waals surface area contributed by atoms with Gasteiger partial charge in [0, 0.05) is 41.4 Å². The molecule has 1 aliphatic heterocycles. The minimum absolute atomic E-state index is 0.0801. The van der Waals surface area contributed by atoms with E-state index in [2.05, 4.69) is 57.1 Å². The first-order valence-electron chi connectivity index (χ1n) is 13.2. The molecule has 2 aromatic carbocycles. The fourth-order valence-electron chi connectivity index (χ4n) is 5.34. The molecule has 9 heteroatoms. The first-order valence-corrected chi connectivity index (χ1v) is 13.6. The van der Waals surface area contributed by atoms with Crippen molar-refractivity contribution in [1.29, 1.82) is 0 Å². The Kier molecular flexibility index (Phi) is 7.75. The Morgan fingerprint density at radius 1 is 1.02 bits per heavy atom. The summed E-state index contributed by atoms with van der Waals surface area (Å²) in [5.74, 6) is 1.29. The van der Waals surface area contributed by atoms with Crippen molar-refractivity contribution in [2.75, 3.05) is 24.4 Å². The Labute approximate surface area is 239 Å². The van der Waals surface area contributed by atoms with Gasteiger partial charge in [0.1, 0.15) is 11.5 Å². The van der Waals surface area contributed by atoms with E-state index in [1.807, 2.05) is 55.5 Å². The molecular formula is C31H33N5O3S. The van der Waals surface area contributed by atoms with Gasteiger partial charge in [0.2, 0.25) is 5.91 Å². The number of aromatic nitrogens is 2. The number of carbonyl (C=O) groups excluding carboxylic acids is 1. The van der Waals surface area contributed by atoms with Crippen LogP contribution in [0.3, 0.4) is 0 Å². The van der Waals surface area contributed by atoms with Gasteiger partial charge in [-0.15, -0.1) is 0 Å². The molecule has 1 saturated heterocycles. The van der Waals surface area contributed by atoms with Gasteiger partial charge >= 0.3 is 0 Å². The van der Waals surface area contributed by atoms with E-state index in [9.17, 15) is 4.79 Å². The number of pyridine rings is 1. The number of thiocarbonyl (C=S) groups is 1. The molecule has 5 rings (SSSR count). The lowest BCUT2D eigenvalue weighted by Gasteiger charge is -2.29. The largest absolute Gasteiger partial charge is 0.497 e. The molecular weight excluding hydrogens is 522 g/mol. The Morgan fingerprint density at radius 2 is 1.77 bits per heavy atom. The molecule has 3 heterocycles. The van der Waals surface area contributed by atoms with Crippen LogP contribution in [0.2, 0.25) is 0 Å². The second-order valence-electron chi connectivity index (χ2n) is 9.64. The van der Waals surface area contributed by atoms with Crippen molar-refractivity contribution in [2.45, 2.75) is 39.3 Å². The second kappa shape index (κ2) is 11.4. The first kappa shape index (κ1) is 27.2. The number of ether oxygens (including phenoxy) is 2. The van der Waals surface area contributed by atoms with Crippen LogP contribution in [0.5, 0.6) is 11.5 Å². The minimum Gasteiger partial charge on any atom is -0.497 e. The highest BCUT2D eigenvalue weighted by molar-refractivity contribution is 7.80. The molecule has 1 amide bonds. The Bertz CT molecular complexity index is 1530. The maximum atomic E-state index is 12.1. The van der Waals surface area contributed by atoms with E-state index in [-0.39, 0.29) is 18.0 Å². The summed E-state index contributed by atoms with van der Waals surface area (Å²) in [6, 6.07) is 21.5. The highest BCUT2D eigenvalue weighted by Crippen LogP contribution is 2.45. The lowest BCUT2D eigenvalue weighted by molar-refractivity contribution is -0.115. The van der Waals surface area contributed by atoms with Crippen molar-refractivity contribution in [3.8, 4) is 17.2 Å². The van der Waals surface area contributed by atoms with Crippen molar-refractivity contribution in [1.82, 2.24) is 14.9 Å². The van der Waals surface area contributed by atoms with Gasteiger partial charge in [0.05, 0.1) is 37.7 Å². The molecule has 1 aliphatic rings. The van der Waals surface area contributed by atoms with Crippen LogP contribution in [0.15, 0.2) is 72.9 Å². The van der Waals surface area contributed by atoms with Gasteiger partial charge in [-0.25, -0.2) is 0 Å². The smallest absolute Gasteiger partial charge is 0.224 e. The zero-order valence-electron chi connectivity index (χ0n) is 23.3. The average molecular weight is 556 g/mol. The van der Waals surface area contributed by atoms with Crippen LogP contribution in [-0.4, -0.2) is 34.8 Å². The van der Waals surface area contributed by atoms with Crippen molar-refractivity contribution in [3.63, 3.8) is 0 Å². The van der Waals surface area contributed by atoms with E-state index < -0.39 is 0 Å². The molecule has 40 heavy (non-hydrogen) atoms. The number of hydrogen-bond donors (Lipinski definition) is 2. The molecule has 2 N–H and O–H groups in total. The van der Waals surface area contributed by atoms with E-state index in [1.165, 1.54) is 0 Å². The quantitative estimate of drug-likeness (QED) is 0.257. The number of amides is 1. The summed E-state index contributed by atoms with van der Waals surface area (Å²) in [4.78, 5) is 18.9. The zero-order valence-corrected chi connectivity index (χ0v) is 24.1. The Balaban J connectivity index is 1.63. The summed E-state index contributed by atoms with van der Waals surface area (Å²) in [5.41, 5.74) is 6.74. The topological polar surface area (TPSA) is 80.7 Å². The maximum Gasteiger partial charge on any atom is 0.224 e. The van der Waals surface area contributed by atoms with Crippen LogP contribution in [-0.2, 0) is 4.79 Å². The predicted octanol–water partition coefficient (Wildman–Crippen LogP) is 6.03. The molecule has 2 atom stereocenters. The van der Waals surface area contributed by atoms with E-state index in [1.54, 1.807) is 20.4 Å². The summed E-state index contributed by atoms with van der Waals surface area (Å²) in [5, 5.41) is 7.03. The van der Waals surface area contributed by atoms with Crippen molar-refractivity contribution >= 4 is 34.6 Å². The second-order valence-corrected chi connectivity index (χ2v) is 10.0. The lowest BCUT2D eigenvalue weighted by atomic mass is 9.96.